The fourth-order valence-electron chi connectivity index (χ4n) is 3.11. The van der Waals surface area contributed by atoms with Gasteiger partial charge in [-0.05, 0) is 72.5 Å². The number of hydrogen-bond donors (Lipinski definition) is 4. The van der Waals surface area contributed by atoms with Crippen molar-refractivity contribution in [3.05, 3.63) is 46.8 Å². The summed E-state index contributed by atoms with van der Waals surface area (Å²) in [5.41, 5.74) is 17.6. The van der Waals surface area contributed by atoms with Crippen molar-refractivity contribution in [1.29, 1.82) is 10.5 Å². The third-order valence-corrected chi connectivity index (χ3v) is 6.54. The Morgan fingerprint density at radius 3 is 2.08 bits per heavy atom. The molecule has 3 heterocycles. The highest BCUT2D eigenvalue weighted by atomic mass is 32.2. The number of esters is 2. The molecule has 1 aromatic carbocycles. The number of benzene rings is 1. The Bertz CT molecular complexity index is 2100. The van der Waals surface area contributed by atoms with E-state index in [-0.39, 0.29) is 57.6 Å². The maximum atomic E-state index is 11.7. The van der Waals surface area contributed by atoms with E-state index in [0.717, 1.165) is 5.56 Å². The molecule has 0 aliphatic rings. The minimum Gasteiger partial charge on any atom is -0.466 e. The highest BCUT2D eigenvalue weighted by molar-refractivity contribution is 7.86. The van der Waals surface area contributed by atoms with Gasteiger partial charge >= 0.3 is 22.1 Å². The Labute approximate surface area is 294 Å². The molecule has 23 nitrogen and oxygen atoms in total. The van der Waals surface area contributed by atoms with Crippen molar-refractivity contribution in [1.82, 2.24) is 25.6 Å². The zero-order valence-electron chi connectivity index (χ0n) is 28.1. The monoisotopic (exact) mass is 744 g/mol. The average Bonchev–Trinajstić information content (AvgIpc) is 3.74. The molecule has 0 bridgehead atoms. The fraction of sp³-hybridized carbons (Fsp3) is 0.286. The van der Waals surface area contributed by atoms with Crippen LogP contribution in [0.5, 0.6) is 0 Å². The Morgan fingerprint density at radius 1 is 0.981 bits per heavy atom. The second-order valence-corrected chi connectivity index (χ2v) is 10.8. The fourth-order valence-corrected chi connectivity index (χ4v) is 3.84. The number of ketones is 1. The Hall–Kier alpha value is -7.21. The SMILES string of the molecule is CCOC(=O)CC(C)=O.CCOC(=O)c1c(C)nc2nonc2c1N.Cc1ccc(S(=O)(=O)ON=C(C#N)C(N)=NO)cc1.N#Cc1nonc1N. The number of anilines is 2. The van der Waals surface area contributed by atoms with Crippen molar-refractivity contribution in [3.8, 4) is 12.1 Å². The number of rotatable bonds is 9. The lowest BCUT2D eigenvalue weighted by Crippen LogP contribution is -2.23. The van der Waals surface area contributed by atoms with Gasteiger partial charge in [-0.3, -0.25) is 13.9 Å². The zero-order chi connectivity index (χ0) is 39.4. The number of nitrogen functional groups attached to an aromatic ring is 2. The summed E-state index contributed by atoms with van der Waals surface area (Å²) in [5.74, 6) is -1.73. The van der Waals surface area contributed by atoms with E-state index in [4.69, 9.17) is 37.7 Å². The van der Waals surface area contributed by atoms with Gasteiger partial charge in [0.15, 0.2) is 5.52 Å². The molecule has 52 heavy (non-hydrogen) atoms. The van der Waals surface area contributed by atoms with Crippen LogP contribution in [0.3, 0.4) is 0 Å². The highest BCUT2D eigenvalue weighted by Gasteiger charge is 2.21. The smallest absolute Gasteiger partial charge is 0.358 e. The number of Topliss-reactive ketones (excluding diaryl/α,β-unsaturated/α-hetero) is 1. The summed E-state index contributed by atoms with van der Waals surface area (Å²) in [6.45, 7) is 8.83. The number of carbonyl (C=O) groups is 3. The summed E-state index contributed by atoms with van der Waals surface area (Å²) in [6.07, 6.45) is -0.103. The van der Waals surface area contributed by atoms with Gasteiger partial charge < -0.3 is 31.9 Å². The summed E-state index contributed by atoms with van der Waals surface area (Å²) in [7, 11) is -4.15. The lowest BCUT2D eigenvalue weighted by atomic mass is 10.1. The van der Waals surface area contributed by atoms with Crippen molar-refractivity contribution in [2.45, 2.75) is 45.9 Å². The molecular formula is C28H32N12O11S. The summed E-state index contributed by atoms with van der Waals surface area (Å²) < 4.78 is 45.6. The van der Waals surface area contributed by atoms with Gasteiger partial charge in [-0.2, -0.15) is 18.9 Å². The number of nitrogens with zero attached hydrogens (tertiary/aromatic N) is 9. The van der Waals surface area contributed by atoms with Crippen molar-refractivity contribution in [2.24, 2.45) is 16.0 Å². The van der Waals surface area contributed by atoms with Gasteiger partial charge in [-0.15, -0.1) is 0 Å². The van der Waals surface area contributed by atoms with E-state index in [9.17, 15) is 22.8 Å². The first-order valence-electron chi connectivity index (χ1n) is 14.2. The summed E-state index contributed by atoms with van der Waals surface area (Å²) in [6, 6.07) is 8.93. The molecule has 7 N–H and O–H groups in total. The number of fused-ring (bicyclic) bond motifs is 1. The third kappa shape index (κ3) is 13.4. The average molecular weight is 745 g/mol. The summed E-state index contributed by atoms with van der Waals surface area (Å²) in [5, 5.41) is 44.1. The normalized spacial score (nSPS) is 10.8. The molecule has 0 saturated carbocycles. The van der Waals surface area contributed by atoms with Crippen LogP contribution in [0.15, 0.2) is 48.7 Å². The first-order chi connectivity index (χ1) is 24.6. The number of pyridine rings is 1. The minimum absolute atomic E-state index is 0.0324. The number of nitrogens with two attached hydrogens (primary N) is 3. The number of oxime groups is 2. The third-order valence-electron chi connectivity index (χ3n) is 5.42. The van der Waals surface area contributed by atoms with Crippen LogP contribution in [0, 0.1) is 36.5 Å². The molecule has 0 aliphatic heterocycles. The first kappa shape index (κ1) is 42.8. The second-order valence-electron chi connectivity index (χ2n) is 9.32. The van der Waals surface area contributed by atoms with E-state index in [1.54, 1.807) is 45.9 Å². The number of aryl methyl sites for hydroxylation is 2. The highest BCUT2D eigenvalue weighted by Crippen LogP contribution is 2.23. The van der Waals surface area contributed by atoms with Crippen molar-refractivity contribution in [2.75, 3.05) is 24.7 Å². The van der Waals surface area contributed by atoms with Gasteiger partial charge in [-0.25, -0.2) is 19.0 Å². The molecule has 0 saturated heterocycles. The van der Waals surface area contributed by atoms with Gasteiger partial charge in [0, 0.05) is 0 Å². The lowest BCUT2D eigenvalue weighted by Gasteiger charge is -2.06. The molecule has 0 amide bonds. The molecule has 276 valence electrons. The predicted octanol–water partition coefficient (Wildman–Crippen LogP) is 1.06. The predicted molar refractivity (Wildman–Crippen MR) is 176 cm³/mol. The molecule has 0 spiro atoms. The molecular weight excluding hydrogens is 712 g/mol. The van der Waals surface area contributed by atoms with Crippen molar-refractivity contribution in [3.63, 3.8) is 0 Å². The topological polar surface area (TPSA) is 374 Å². The summed E-state index contributed by atoms with van der Waals surface area (Å²) >= 11 is 0. The number of carbonyl (C=O) groups excluding carboxylic acids is 3. The van der Waals surface area contributed by atoms with Crippen molar-refractivity contribution >= 4 is 62.1 Å². The van der Waals surface area contributed by atoms with Gasteiger partial charge in [0.2, 0.25) is 28.7 Å². The Balaban J connectivity index is 0.000000368. The maximum Gasteiger partial charge on any atom is 0.358 e. The van der Waals surface area contributed by atoms with E-state index in [0.29, 0.717) is 12.3 Å². The maximum absolute atomic E-state index is 11.7. The number of ether oxygens (including phenoxy) is 2. The van der Waals surface area contributed by atoms with E-state index in [1.807, 2.05) is 0 Å². The molecule has 0 unspecified atom stereocenters. The van der Waals surface area contributed by atoms with Crippen LogP contribution >= 0.6 is 0 Å². The molecule has 24 heteroatoms. The van der Waals surface area contributed by atoms with E-state index >= 15 is 0 Å². The lowest BCUT2D eigenvalue weighted by molar-refractivity contribution is -0.145. The first-order valence-corrected chi connectivity index (χ1v) is 15.6. The van der Waals surface area contributed by atoms with Gasteiger partial charge in [-0.1, -0.05) is 22.9 Å². The van der Waals surface area contributed by atoms with Crippen LogP contribution in [0.4, 0.5) is 11.5 Å². The zero-order valence-corrected chi connectivity index (χ0v) is 28.9. The largest absolute Gasteiger partial charge is 0.466 e. The molecule has 4 aromatic rings. The van der Waals surface area contributed by atoms with Crippen molar-refractivity contribution < 1.29 is 51.0 Å². The van der Waals surface area contributed by atoms with Crippen LogP contribution in [0.1, 0.15) is 54.5 Å². The van der Waals surface area contributed by atoms with Gasteiger partial charge in [0.1, 0.15) is 34.8 Å². The number of amidine groups is 1. The molecule has 0 atom stereocenters. The quantitative estimate of drug-likeness (QED) is 0.0464. The second kappa shape index (κ2) is 21.0. The van der Waals surface area contributed by atoms with Crippen LogP contribution in [-0.2, 0) is 33.5 Å². The Kier molecular flexibility index (Phi) is 17.3. The molecule has 3 aromatic heterocycles. The van der Waals surface area contributed by atoms with Crippen LogP contribution in [0.25, 0.3) is 11.2 Å². The molecule has 4 rings (SSSR count). The van der Waals surface area contributed by atoms with E-state index < -0.39 is 33.6 Å². The molecule has 0 fully saturated rings. The number of hydrogen-bond acceptors (Lipinski definition) is 22. The summed E-state index contributed by atoms with van der Waals surface area (Å²) in [4.78, 5) is 36.2. The van der Waals surface area contributed by atoms with E-state index in [1.165, 1.54) is 25.1 Å². The van der Waals surface area contributed by atoms with E-state index in [2.05, 4.69) is 54.2 Å². The van der Waals surface area contributed by atoms with Crippen LogP contribution in [0.2, 0.25) is 0 Å². The van der Waals surface area contributed by atoms with Crippen LogP contribution < -0.4 is 17.2 Å². The molecule has 0 aliphatic carbocycles. The standard InChI is InChI=1S/C10H10N4O4S.C9H10N4O3.C6H10O3.C3H2N4O/c1-7-2-4-8(5-3-7)19(16,17)18-14-9(6-11)10(12)13-15;1-3-15-9(14)5-4(2)11-8-7(6(5)10)12-16-13-8;1-3-9-6(8)4-5(2)7;4-1-2-3(5)7-8-6-2/h2-5,15H,1H3,(H2,12,13);3,10H2,1-2H3;3-4H2,1-2H3;(H2,5,7). The van der Waals surface area contributed by atoms with Gasteiger partial charge in [0.05, 0.1) is 24.6 Å². The van der Waals surface area contributed by atoms with Crippen LogP contribution in [-0.4, -0.2) is 81.7 Å². The Morgan fingerprint density at radius 2 is 1.60 bits per heavy atom. The van der Waals surface area contributed by atoms with Gasteiger partial charge in [0.25, 0.3) is 0 Å². The number of nitriles is 2. The number of aromatic nitrogens is 5. The minimum atomic E-state index is -4.15. The molecule has 0 radical (unpaired) electrons.